The lowest BCUT2D eigenvalue weighted by atomic mass is 9.45. The highest BCUT2D eigenvalue weighted by Gasteiger charge is 2.53. The van der Waals surface area contributed by atoms with E-state index >= 15 is 0 Å². The average molecular weight is 771 g/mol. The van der Waals surface area contributed by atoms with Crippen LogP contribution < -0.4 is 5.43 Å². The van der Waals surface area contributed by atoms with Crippen LogP contribution in [0.25, 0.3) is 0 Å². The van der Waals surface area contributed by atoms with Crippen LogP contribution in [0.4, 0.5) is 0 Å². The highest BCUT2D eigenvalue weighted by Crippen LogP contribution is 2.62. The highest BCUT2D eigenvalue weighted by molar-refractivity contribution is 5.34. The Labute approximate surface area is 351 Å². The molecule has 3 atom stereocenters. The molecule has 0 aromatic heterocycles. The predicted molar refractivity (Wildman–Crippen MR) is 257 cm³/mol. The fourth-order valence-corrected chi connectivity index (χ4v) is 7.42. The largest absolute Gasteiger partial charge is 0.290 e. The van der Waals surface area contributed by atoms with Crippen molar-refractivity contribution in [1.29, 1.82) is 0 Å². The molecule has 6 rings (SSSR count). The summed E-state index contributed by atoms with van der Waals surface area (Å²) in [5, 5.41) is 0. The van der Waals surface area contributed by atoms with Gasteiger partial charge in [-0.15, -0.1) is 0 Å². The normalized spacial score (nSPS) is 17.3. The second-order valence-electron chi connectivity index (χ2n) is 19.7. The minimum absolute atomic E-state index is 0.130. The molecular formula is C55H94O. The van der Waals surface area contributed by atoms with Crippen LogP contribution in [0.3, 0.4) is 0 Å². The van der Waals surface area contributed by atoms with Crippen LogP contribution in [-0.2, 0) is 0 Å². The summed E-state index contributed by atoms with van der Waals surface area (Å²) in [5.41, 5.74) is 7.47. The lowest BCUT2D eigenvalue weighted by Gasteiger charge is -2.60. The smallest absolute Gasteiger partial charge is 0.182 e. The molecule has 0 heterocycles. The molecular weight excluding hydrogens is 677 g/mol. The summed E-state index contributed by atoms with van der Waals surface area (Å²) < 4.78 is 0. The third kappa shape index (κ3) is 22.9. The maximum absolute atomic E-state index is 11.3. The van der Waals surface area contributed by atoms with E-state index in [0.717, 1.165) is 41.1 Å². The van der Waals surface area contributed by atoms with Gasteiger partial charge in [0.25, 0.3) is 0 Å². The van der Waals surface area contributed by atoms with E-state index in [9.17, 15) is 4.79 Å². The van der Waals surface area contributed by atoms with Gasteiger partial charge in [0.15, 0.2) is 5.43 Å². The van der Waals surface area contributed by atoms with Gasteiger partial charge in [-0.25, -0.2) is 0 Å². The molecule has 0 aliphatic heterocycles. The van der Waals surface area contributed by atoms with Gasteiger partial charge in [0.2, 0.25) is 0 Å². The number of benzene rings is 2. The Kier molecular flexibility index (Phi) is 29.2. The van der Waals surface area contributed by atoms with Crippen molar-refractivity contribution in [2.75, 3.05) is 0 Å². The Morgan fingerprint density at radius 1 is 0.554 bits per heavy atom. The first-order valence-corrected chi connectivity index (χ1v) is 22.8. The first kappa shape index (κ1) is 55.4. The van der Waals surface area contributed by atoms with Crippen LogP contribution in [0, 0.1) is 47.8 Å². The number of aryl methyl sites for hydroxylation is 1. The minimum atomic E-state index is 0.130. The molecule has 3 saturated carbocycles. The van der Waals surface area contributed by atoms with E-state index in [1.807, 2.05) is 52.0 Å². The minimum Gasteiger partial charge on any atom is -0.290 e. The van der Waals surface area contributed by atoms with Crippen molar-refractivity contribution in [3.63, 3.8) is 0 Å². The molecule has 3 aliphatic carbocycles. The predicted octanol–water partition coefficient (Wildman–Crippen LogP) is 17.7. The zero-order valence-electron chi connectivity index (χ0n) is 41.0. The van der Waals surface area contributed by atoms with Crippen LogP contribution in [0.15, 0.2) is 83.7 Å². The maximum Gasteiger partial charge on any atom is 0.182 e. The van der Waals surface area contributed by atoms with E-state index in [1.54, 1.807) is 18.6 Å². The van der Waals surface area contributed by atoms with Crippen molar-refractivity contribution >= 4 is 0 Å². The molecule has 0 amide bonds. The molecule has 3 unspecified atom stereocenters. The van der Waals surface area contributed by atoms with E-state index in [0.29, 0.717) is 29.1 Å². The molecule has 0 N–H and O–H groups in total. The van der Waals surface area contributed by atoms with E-state index in [2.05, 4.69) is 160 Å². The average Bonchev–Trinajstić information content (AvgIpc) is 3.33. The third-order valence-electron chi connectivity index (χ3n) is 10.5. The van der Waals surface area contributed by atoms with Crippen molar-refractivity contribution in [2.24, 2.45) is 40.9 Å². The second kappa shape index (κ2) is 29.5. The topological polar surface area (TPSA) is 17.1 Å². The summed E-state index contributed by atoms with van der Waals surface area (Å²) in [6.45, 7) is 46.4. The van der Waals surface area contributed by atoms with E-state index in [-0.39, 0.29) is 5.43 Å². The molecule has 2 bridgehead atoms. The highest BCUT2D eigenvalue weighted by atomic mass is 16.1. The van der Waals surface area contributed by atoms with Crippen molar-refractivity contribution < 1.29 is 0 Å². The van der Waals surface area contributed by atoms with Gasteiger partial charge in [0.05, 0.1) is 0 Å². The SMILES string of the molecule is CC.CC(C)C.CC(C)C.CC(C)CC1CCC2CC1C2(C)C.CC(C)c1ccccc1.CC(C)c1cccccc1=O.Cc1cc(C(C)C)ccc1C(C)C. The second-order valence-corrected chi connectivity index (χ2v) is 19.7. The summed E-state index contributed by atoms with van der Waals surface area (Å²) >= 11 is 0. The van der Waals surface area contributed by atoms with E-state index in [1.165, 1.54) is 41.5 Å². The van der Waals surface area contributed by atoms with Crippen LogP contribution in [0.1, 0.15) is 216 Å². The Bertz CT molecular complexity index is 1430. The summed E-state index contributed by atoms with van der Waals surface area (Å²) in [5.74, 6) is 8.01. The number of rotatable bonds is 6. The molecule has 0 radical (unpaired) electrons. The lowest BCUT2D eigenvalue weighted by molar-refractivity contribution is -0.109. The van der Waals surface area contributed by atoms with Crippen LogP contribution >= 0.6 is 0 Å². The molecule has 1 heteroatoms. The van der Waals surface area contributed by atoms with Crippen LogP contribution in [-0.4, -0.2) is 0 Å². The lowest BCUT2D eigenvalue weighted by Crippen LogP contribution is -2.52. The van der Waals surface area contributed by atoms with Gasteiger partial charge >= 0.3 is 0 Å². The first-order valence-electron chi connectivity index (χ1n) is 22.8. The van der Waals surface area contributed by atoms with Gasteiger partial charge in [-0.3, -0.25) is 4.79 Å². The molecule has 320 valence electrons. The number of hydrogen-bond donors (Lipinski definition) is 0. The molecule has 3 fully saturated rings. The molecule has 56 heavy (non-hydrogen) atoms. The maximum atomic E-state index is 11.3. The Hall–Kier alpha value is -2.67. The van der Waals surface area contributed by atoms with Gasteiger partial charge in [-0.05, 0) is 126 Å². The molecule has 1 nitrogen and oxygen atoms in total. The van der Waals surface area contributed by atoms with Crippen molar-refractivity contribution in [2.45, 2.75) is 195 Å². The number of fused-ring (bicyclic) bond motifs is 2. The Morgan fingerprint density at radius 3 is 1.36 bits per heavy atom. The van der Waals surface area contributed by atoms with Gasteiger partial charge in [0.1, 0.15) is 0 Å². The third-order valence-corrected chi connectivity index (χ3v) is 10.5. The Morgan fingerprint density at radius 2 is 1.00 bits per heavy atom. The fourth-order valence-electron chi connectivity index (χ4n) is 7.42. The zero-order chi connectivity index (χ0) is 43.8. The van der Waals surface area contributed by atoms with Crippen molar-refractivity contribution in [3.8, 4) is 0 Å². The summed E-state index contributed by atoms with van der Waals surface area (Å²) in [6, 6.07) is 26.4. The van der Waals surface area contributed by atoms with E-state index < -0.39 is 0 Å². The molecule has 0 spiro atoms. The molecule has 0 saturated heterocycles. The monoisotopic (exact) mass is 771 g/mol. The fraction of sp³-hybridized carbons (Fsp3) is 0.655. The van der Waals surface area contributed by atoms with Gasteiger partial charge in [-0.2, -0.15) is 0 Å². The molecule has 3 aliphatic rings. The van der Waals surface area contributed by atoms with Gasteiger partial charge in [-0.1, -0.05) is 211 Å². The zero-order valence-corrected chi connectivity index (χ0v) is 41.0. The van der Waals surface area contributed by atoms with Gasteiger partial charge < -0.3 is 0 Å². The van der Waals surface area contributed by atoms with Crippen molar-refractivity contribution in [1.82, 2.24) is 0 Å². The van der Waals surface area contributed by atoms with Crippen LogP contribution in [0.5, 0.6) is 0 Å². The molecule has 3 aromatic carbocycles. The summed E-state index contributed by atoms with van der Waals surface area (Å²) in [6.07, 6.45) is 6.06. The summed E-state index contributed by atoms with van der Waals surface area (Å²) in [4.78, 5) is 11.3. The standard InChI is InChI=1S/C13H24.C13H20.C10H12O.C9H12.2C4H10.C2H6/c1-9(2)7-10-5-6-11-8-12(10)13(11,3)4;1-9(2)12-6-7-13(10(3)4)11(5)8-12;1-8(2)9-6-4-3-5-7-10(9)11;1-8(2)9-6-4-3-5-7-9;2*1-4(2)3;1-2/h9-12H,5-8H2,1-4H3;6-10H,1-5H3;3-8H,1-2H3;3-8H,1-2H3;2*4H,1-3H3;1-2H3. The van der Waals surface area contributed by atoms with Crippen molar-refractivity contribution in [3.05, 3.63) is 117 Å². The quantitative estimate of drug-likeness (QED) is 0.244. The first-order chi connectivity index (χ1) is 26.0. The molecule has 3 aromatic rings. The van der Waals surface area contributed by atoms with Crippen LogP contribution in [0.2, 0.25) is 0 Å². The Balaban J connectivity index is 0. The van der Waals surface area contributed by atoms with Gasteiger partial charge in [0, 0.05) is 5.56 Å². The number of hydrogen-bond acceptors (Lipinski definition) is 1. The van der Waals surface area contributed by atoms with E-state index in [4.69, 9.17) is 0 Å². The summed E-state index contributed by atoms with van der Waals surface area (Å²) in [7, 11) is 0.